The molecule has 0 saturated carbocycles. The third-order valence-corrected chi connectivity index (χ3v) is 6.55. The molecule has 0 N–H and O–H groups in total. The molecule has 0 amide bonds. The van der Waals surface area contributed by atoms with Gasteiger partial charge < -0.3 is 0 Å². The summed E-state index contributed by atoms with van der Waals surface area (Å²) in [4.78, 5) is 0.359. The fourth-order valence-corrected chi connectivity index (χ4v) is 4.71. The van der Waals surface area contributed by atoms with E-state index in [1.807, 2.05) is 25.1 Å². The van der Waals surface area contributed by atoms with Gasteiger partial charge in [-0.25, -0.2) is 8.42 Å². The topological polar surface area (TPSA) is 37.4 Å². The van der Waals surface area contributed by atoms with Crippen molar-refractivity contribution in [1.82, 2.24) is 4.31 Å². The monoisotopic (exact) mass is 341 g/mol. The Morgan fingerprint density at radius 3 is 2.42 bits per heavy atom. The molecule has 0 aromatic heterocycles. The minimum Gasteiger partial charge on any atom is -0.207 e. The van der Waals surface area contributed by atoms with Crippen molar-refractivity contribution in [2.75, 3.05) is 13.1 Å². The van der Waals surface area contributed by atoms with Crippen LogP contribution in [0.4, 0.5) is 0 Å². The van der Waals surface area contributed by atoms with E-state index in [2.05, 4.69) is 31.7 Å². The lowest BCUT2D eigenvalue weighted by Crippen LogP contribution is -2.34. The summed E-state index contributed by atoms with van der Waals surface area (Å²) in [6, 6.07) is 13.4. The first-order valence-electron chi connectivity index (χ1n) is 8.20. The number of sulfonamides is 1. The fraction of sp³-hybridized carbons (Fsp3) is 0.300. The van der Waals surface area contributed by atoms with Crippen LogP contribution in [0.5, 0.6) is 0 Å². The van der Waals surface area contributed by atoms with E-state index in [0.29, 0.717) is 18.0 Å². The average Bonchev–Trinajstić information content (AvgIpc) is 2.74. The summed E-state index contributed by atoms with van der Waals surface area (Å²) in [7, 11) is -3.49. The third kappa shape index (κ3) is 3.17. The maximum Gasteiger partial charge on any atom is 0.243 e. The van der Waals surface area contributed by atoms with Crippen LogP contribution in [0.1, 0.15) is 28.2 Å². The van der Waals surface area contributed by atoms with E-state index in [1.165, 1.54) is 16.7 Å². The Bertz CT molecular complexity index is 854. The lowest BCUT2D eigenvalue weighted by molar-refractivity contribution is 0.415. The summed E-state index contributed by atoms with van der Waals surface area (Å²) in [5.41, 5.74) is 4.67. The molecule has 0 saturated heterocycles. The van der Waals surface area contributed by atoms with E-state index in [9.17, 15) is 8.42 Å². The zero-order valence-electron chi connectivity index (χ0n) is 14.2. The molecule has 2 aromatic rings. The second kappa shape index (κ2) is 6.54. The summed E-state index contributed by atoms with van der Waals surface area (Å²) in [5, 5.41) is 0. The molecule has 1 heterocycles. The Hall–Kier alpha value is -1.91. The zero-order chi connectivity index (χ0) is 17.3. The molecule has 0 radical (unpaired) electrons. The molecule has 126 valence electrons. The quantitative estimate of drug-likeness (QED) is 0.796. The summed E-state index contributed by atoms with van der Waals surface area (Å²) in [6.45, 7) is 8.88. The highest BCUT2D eigenvalue weighted by atomic mass is 32.2. The van der Waals surface area contributed by atoms with Gasteiger partial charge in [0.05, 0.1) is 4.90 Å². The first-order chi connectivity index (χ1) is 11.4. The summed E-state index contributed by atoms with van der Waals surface area (Å²) < 4.78 is 27.6. The van der Waals surface area contributed by atoms with E-state index >= 15 is 0 Å². The molecule has 3 rings (SSSR count). The van der Waals surface area contributed by atoms with Crippen molar-refractivity contribution in [3.8, 4) is 0 Å². The van der Waals surface area contributed by atoms with Gasteiger partial charge in [-0.3, -0.25) is 0 Å². The number of hydrogen-bond acceptors (Lipinski definition) is 2. The number of fused-ring (bicyclic) bond motifs is 1. The third-order valence-electron chi connectivity index (χ3n) is 4.67. The zero-order valence-corrected chi connectivity index (χ0v) is 15.0. The van der Waals surface area contributed by atoms with Gasteiger partial charge in [0.2, 0.25) is 10.0 Å². The molecule has 1 aliphatic rings. The van der Waals surface area contributed by atoms with Crippen LogP contribution < -0.4 is 0 Å². The van der Waals surface area contributed by atoms with Gasteiger partial charge in [-0.2, -0.15) is 4.31 Å². The van der Waals surface area contributed by atoms with Crippen molar-refractivity contribution in [2.45, 2.75) is 31.1 Å². The van der Waals surface area contributed by atoms with Crippen molar-refractivity contribution >= 4 is 10.0 Å². The normalized spacial score (nSPS) is 18.7. The predicted molar refractivity (Wildman–Crippen MR) is 97.8 cm³/mol. The fourth-order valence-electron chi connectivity index (χ4n) is 3.25. The van der Waals surface area contributed by atoms with Crippen LogP contribution in [0, 0.1) is 13.8 Å². The molecule has 3 nitrogen and oxygen atoms in total. The Balaban J connectivity index is 1.96. The minimum atomic E-state index is -3.49. The smallest absolute Gasteiger partial charge is 0.207 e. The van der Waals surface area contributed by atoms with Crippen LogP contribution in [0.15, 0.2) is 60.0 Å². The molecule has 1 aliphatic heterocycles. The van der Waals surface area contributed by atoms with E-state index in [1.54, 1.807) is 16.4 Å². The molecular weight excluding hydrogens is 318 g/mol. The van der Waals surface area contributed by atoms with Crippen molar-refractivity contribution < 1.29 is 8.42 Å². The molecule has 1 atom stereocenters. The highest BCUT2D eigenvalue weighted by Gasteiger charge is 2.30. The highest BCUT2D eigenvalue weighted by Crippen LogP contribution is 2.30. The van der Waals surface area contributed by atoms with Gasteiger partial charge in [-0.15, -0.1) is 6.58 Å². The molecule has 0 bridgehead atoms. The lowest BCUT2D eigenvalue weighted by Gasteiger charge is -2.23. The summed E-state index contributed by atoms with van der Waals surface area (Å²) in [5.74, 6) is 0.0170. The van der Waals surface area contributed by atoms with Crippen molar-refractivity contribution in [3.63, 3.8) is 0 Å². The van der Waals surface area contributed by atoms with Crippen LogP contribution in [-0.2, 0) is 16.4 Å². The van der Waals surface area contributed by atoms with Gasteiger partial charge in [0.1, 0.15) is 0 Å². The van der Waals surface area contributed by atoms with Gasteiger partial charge in [-0.05, 0) is 43.5 Å². The van der Waals surface area contributed by atoms with Gasteiger partial charge in [-0.1, -0.05) is 47.5 Å². The number of nitrogens with zero attached hydrogens (tertiary/aromatic N) is 1. The highest BCUT2D eigenvalue weighted by molar-refractivity contribution is 7.89. The van der Waals surface area contributed by atoms with Crippen molar-refractivity contribution in [2.24, 2.45) is 0 Å². The minimum absolute atomic E-state index is 0.0170. The van der Waals surface area contributed by atoms with E-state index < -0.39 is 10.0 Å². The summed E-state index contributed by atoms with van der Waals surface area (Å²) in [6.07, 6.45) is 2.59. The van der Waals surface area contributed by atoms with Crippen LogP contribution in [0.2, 0.25) is 0 Å². The van der Waals surface area contributed by atoms with E-state index in [0.717, 1.165) is 12.0 Å². The molecule has 4 heteroatoms. The van der Waals surface area contributed by atoms with Crippen LogP contribution in [0.3, 0.4) is 0 Å². The van der Waals surface area contributed by atoms with E-state index in [-0.39, 0.29) is 5.92 Å². The Morgan fingerprint density at radius 2 is 1.75 bits per heavy atom. The molecule has 0 unspecified atom stereocenters. The van der Waals surface area contributed by atoms with Crippen LogP contribution in [0.25, 0.3) is 0 Å². The van der Waals surface area contributed by atoms with Crippen molar-refractivity contribution in [1.29, 1.82) is 0 Å². The standard InChI is InChI=1S/C20H23NO2S/c1-4-17-14-21(12-11-18-13-16(3)7-10-20(17)18)24(22,23)19-8-5-15(2)6-9-19/h4-10,13,17H,1,11-12,14H2,2-3H3/t17-/m1/s1. The molecule has 24 heavy (non-hydrogen) atoms. The van der Waals surface area contributed by atoms with Crippen LogP contribution in [-0.4, -0.2) is 25.8 Å². The lowest BCUT2D eigenvalue weighted by atomic mass is 9.93. The van der Waals surface area contributed by atoms with Crippen molar-refractivity contribution in [3.05, 3.63) is 77.4 Å². The predicted octanol–water partition coefficient (Wildman–Crippen LogP) is 3.82. The molecule has 2 aromatic carbocycles. The average molecular weight is 341 g/mol. The molecule has 0 fully saturated rings. The molecule has 0 spiro atoms. The first-order valence-corrected chi connectivity index (χ1v) is 9.64. The SMILES string of the molecule is C=C[C@@H]1CN(S(=O)(=O)c2ccc(C)cc2)CCc2cc(C)ccc21. The number of aryl methyl sites for hydroxylation is 2. The second-order valence-electron chi connectivity index (χ2n) is 6.47. The van der Waals surface area contributed by atoms with Gasteiger partial charge in [0, 0.05) is 19.0 Å². The van der Waals surface area contributed by atoms with E-state index in [4.69, 9.17) is 0 Å². The summed E-state index contributed by atoms with van der Waals surface area (Å²) >= 11 is 0. The Kier molecular flexibility index (Phi) is 4.61. The maximum absolute atomic E-state index is 13.0. The molecular formula is C20H23NO2S. The van der Waals surface area contributed by atoms with Crippen LogP contribution >= 0.6 is 0 Å². The Labute approximate surface area is 144 Å². The van der Waals surface area contributed by atoms with Gasteiger partial charge in [0.25, 0.3) is 0 Å². The van der Waals surface area contributed by atoms with Gasteiger partial charge in [0.15, 0.2) is 0 Å². The number of benzene rings is 2. The van der Waals surface area contributed by atoms with Gasteiger partial charge >= 0.3 is 0 Å². The number of hydrogen-bond donors (Lipinski definition) is 0. The number of rotatable bonds is 3. The largest absolute Gasteiger partial charge is 0.243 e. The molecule has 0 aliphatic carbocycles. The first kappa shape index (κ1) is 16.9. The second-order valence-corrected chi connectivity index (χ2v) is 8.41. The maximum atomic E-state index is 13.0. The Morgan fingerprint density at radius 1 is 1.08 bits per heavy atom.